The Morgan fingerprint density at radius 1 is 1.44 bits per heavy atom. The average molecular weight is 225 g/mol. The molecule has 92 valence electrons. The number of nitrogens with one attached hydrogen (secondary N) is 1. The molecule has 2 fully saturated rings. The first-order valence-corrected chi connectivity index (χ1v) is 6.31. The molecule has 2 rings (SSSR count). The van der Waals surface area contributed by atoms with E-state index in [2.05, 4.69) is 29.2 Å². The zero-order valence-corrected chi connectivity index (χ0v) is 10.4. The van der Waals surface area contributed by atoms with Crippen molar-refractivity contribution in [2.45, 2.75) is 25.3 Å². The van der Waals surface area contributed by atoms with Crippen LogP contribution in [0.1, 0.15) is 19.3 Å². The second-order valence-corrected chi connectivity index (χ2v) is 5.33. The number of carbonyl (C=O) groups excluding carboxylic acids is 1. The highest BCUT2D eigenvalue weighted by molar-refractivity contribution is 5.76. The van der Waals surface area contributed by atoms with Gasteiger partial charge in [-0.05, 0) is 45.9 Å². The summed E-state index contributed by atoms with van der Waals surface area (Å²) < 4.78 is 0. The quantitative estimate of drug-likeness (QED) is 0.742. The van der Waals surface area contributed by atoms with Gasteiger partial charge in [0, 0.05) is 25.6 Å². The van der Waals surface area contributed by atoms with Crippen LogP contribution in [-0.2, 0) is 4.79 Å². The van der Waals surface area contributed by atoms with Gasteiger partial charge in [-0.15, -0.1) is 0 Å². The van der Waals surface area contributed by atoms with Crippen LogP contribution in [0.4, 0.5) is 0 Å². The number of amides is 1. The molecule has 16 heavy (non-hydrogen) atoms. The lowest BCUT2D eigenvalue weighted by Gasteiger charge is -2.37. The molecule has 0 aromatic heterocycles. The third-order valence-electron chi connectivity index (χ3n) is 3.81. The molecule has 0 aliphatic carbocycles. The Labute approximate surface area is 98.0 Å². The minimum absolute atomic E-state index is 0.359. The highest BCUT2D eigenvalue weighted by atomic mass is 16.2. The predicted octanol–water partition coefficient (Wildman–Crippen LogP) is 0.149. The maximum Gasteiger partial charge on any atom is 0.222 e. The van der Waals surface area contributed by atoms with Crippen molar-refractivity contribution in [1.29, 1.82) is 0 Å². The smallest absolute Gasteiger partial charge is 0.222 e. The fourth-order valence-electron chi connectivity index (χ4n) is 2.47. The average Bonchev–Trinajstić information content (AvgIpc) is 2.23. The predicted molar refractivity (Wildman–Crippen MR) is 64.3 cm³/mol. The van der Waals surface area contributed by atoms with E-state index < -0.39 is 0 Å². The number of rotatable bonds is 3. The van der Waals surface area contributed by atoms with E-state index in [4.69, 9.17) is 0 Å². The molecule has 1 atom stereocenters. The van der Waals surface area contributed by atoms with Gasteiger partial charge >= 0.3 is 0 Å². The lowest BCUT2D eigenvalue weighted by atomic mass is 9.97. The molecule has 0 aromatic rings. The molecule has 1 unspecified atom stereocenters. The van der Waals surface area contributed by atoms with Crippen LogP contribution in [0, 0.1) is 5.92 Å². The van der Waals surface area contributed by atoms with Crippen molar-refractivity contribution in [1.82, 2.24) is 15.1 Å². The molecule has 2 aliphatic heterocycles. The minimum Gasteiger partial charge on any atom is -0.341 e. The summed E-state index contributed by atoms with van der Waals surface area (Å²) in [5, 5.41) is 3.22. The molecule has 2 heterocycles. The monoisotopic (exact) mass is 225 g/mol. The molecule has 2 aliphatic rings. The largest absolute Gasteiger partial charge is 0.341 e. The molecule has 2 saturated heterocycles. The van der Waals surface area contributed by atoms with Gasteiger partial charge < -0.3 is 15.1 Å². The first kappa shape index (κ1) is 11.9. The zero-order valence-electron chi connectivity index (χ0n) is 10.4. The van der Waals surface area contributed by atoms with E-state index in [0.29, 0.717) is 17.9 Å². The summed E-state index contributed by atoms with van der Waals surface area (Å²) >= 11 is 0. The van der Waals surface area contributed by atoms with Crippen LogP contribution in [0.2, 0.25) is 0 Å². The van der Waals surface area contributed by atoms with Gasteiger partial charge in [0.15, 0.2) is 0 Å². The van der Waals surface area contributed by atoms with Gasteiger partial charge in [-0.25, -0.2) is 0 Å². The Hall–Kier alpha value is -0.610. The SMILES string of the molecule is CN(C)C1CCCN(C(=O)CC2CNC2)C1. The minimum atomic E-state index is 0.359. The van der Waals surface area contributed by atoms with E-state index in [1.54, 1.807) is 0 Å². The second-order valence-electron chi connectivity index (χ2n) is 5.33. The van der Waals surface area contributed by atoms with Crippen molar-refractivity contribution >= 4 is 5.91 Å². The molecule has 0 bridgehead atoms. The Kier molecular flexibility index (Phi) is 3.82. The van der Waals surface area contributed by atoms with Crippen molar-refractivity contribution in [3.63, 3.8) is 0 Å². The highest BCUT2D eigenvalue weighted by Crippen LogP contribution is 2.17. The van der Waals surface area contributed by atoms with E-state index in [0.717, 1.165) is 39.0 Å². The molecule has 1 amide bonds. The van der Waals surface area contributed by atoms with Gasteiger partial charge in [-0.3, -0.25) is 4.79 Å². The number of hydrogen-bond donors (Lipinski definition) is 1. The van der Waals surface area contributed by atoms with Crippen molar-refractivity contribution < 1.29 is 4.79 Å². The van der Waals surface area contributed by atoms with Crippen LogP contribution >= 0.6 is 0 Å². The van der Waals surface area contributed by atoms with Crippen LogP contribution in [-0.4, -0.2) is 62.0 Å². The second kappa shape index (κ2) is 5.15. The molecule has 1 N–H and O–H groups in total. The molecule has 0 aromatic carbocycles. The number of piperidine rings is 1. The van der Waals surface area contributed by atoms with Crippen molar-refractivity contribution in [3.8, 4) is 0 Å². The summed E-state index contributed by atoms with van der Waals surface area (Å²) in [6.07, 6.45) is 3.12. The lowest BCUT2D eigenvalue weighted by Crippen LogP contribution is -2.50. The maximum atomic E-state index is 12.0. The molecule has 0 saturated carbocycles. The third kappa shape index (κ3) is 2.74. The molecule has 0 radical (unpaired) electrons. The van der Waals surface area contributed by atoms with E-state index in [1.165, 1.54) is 6.42 Å². The fourth-order valence-corrected chi connectivity index (χ4v) is 2.47. The zero-order chi connectivity index (χ0) is 11.5. The Morgan fingerprint density at radius 2 is 2.19 bits per heavy atom. The number of hydrogen-bond acceptors (Lipinski definition) is 3. The highest BCUT2D eigenvalue weighted by Gasteiger charge is 2.27. The van der Waals surface area contributed by atoms with Crippen LogP contribution in [0.15, 0.2) is 0 Å². The van der Waals surface area contributed by atoms with E-state index in [1.807, 2.05) is 0 Å². The summed E-state index contributed by atoms with van der Waals surface area (Å²) in [7, 11) is 4.21. The normalized spacial score (nSPS) is 26.9. The third-order valence-corrected chi connectivity index (χ3v) is 3.81. The Morgan fingerprint density at radius 3 is 2.75 bits per heavy atom. The van der Waals surface area contributed by atoms with Gasteiger partial charge in [0.05, 0.1) is 0 Å². The van der Waals surface area contributed by atoms with Gasteiger partial charge in [-0.2, -0.15) is 0 Å². The van der Waals surface area contributed by atoms with Gasteiger partial charge in [-0.1, -0.05) is 0 Å². The Balaban J connectivity index is 1.80. The first-order valence-electron chi connectivity index (χ1n) is 6.31. The molecule has 4 nitrogen and oxygen atoms in total. The van der Waals surface area contributed by atoms with Crippen molar-refractivity contribution in [2.24, 2.45) is 5.92 Å². The molecule has 0 spiro atoms. The van der Waals surface area contributed by atoms with Gasteiger partial charge in [0.1, 0.15) is 0 Å². The maximum absolute atomic E-state index is 12.0. The fraction of sp³-hybridized carbons (Fsp3) is 0.917. The molecular weight excluding hydrogens is 202 g/mol. The molecule has 4 heteroatoms. The number of likely N-dealkylation sites (tertiary alicyclic amines) is 1. The van der Waals surface area contributed by atoms with E-state index >= 15 is 0 Å². The van der Waals surface area contributed by atoms with Gasteiger partial charge in [0.2, 0.25) is 5.91 Å². The Bertz CT molecular complexity index is 251. The summed E-state index contributed by atoms with van der Waals surface area (Å²) in [5.74, 6) is 0.949. The van der Waals surface area contributed by atoms with Crippen molar-refractivity contribution in [2.75, 3.05) is 40.3 Å². The summed E-state index contributed by atoms with van der Waals surface area (Å²) in [5.41, 5.74) is 0. The topological polar surface area (TPSA) is 35.6 Å². The lowest BCUT2D eigenvalue weighted by molar-refractivity contribution is -0.134. The molecular formula is C12H23N3O. The van der Waals surface area contributed by atoms with Crippen LogP contribution in [0.5, 0.6) is 0 Å². The summed E-state index contributed by atoms with van der Waals surface area (Å²) in [6, 6.07) is 0.553. The number of nitrogens with zero attached hydrogens (tertiary/aromatic N) is 2. The van der Waals surface area contributed by atoms with Crippen molar-refractivity contribution in [3.05, 3.63) is 0 Å². The van der Waals surface area contributed by atoms with E-state index in [-0.39, 0.29) is 0 Å². The summed E-state index contributed by atoms with van der Waals surface area (Å²) in [4.78, 5) is 16.4. The first-order chi connectivity index (χ1) is 7.66. The number of likely N-dealkylation sites (N-methyl/N-ethyl adjacent to an activating group) is 1. The standard InChI is InChI=1S/C12H23N3O/c1-14(2)11-4-3-5-15(9-11)12(16)6-10-7-13-8-10/h10-11,13H,3-9H2,1-2H3. The van der Waals surface area contributed by atoms with Crippen LogP contribution < -0.4 is 5.32 Å². The van der Waals surface area contributed by atoms with Crippen LogP contribution in [0.25, 0.3) is 0 Å². The van der Waals surface area contributed by atoms with E-state index in [9.17, 15) is 4.79 Å². The number of carbonyl (C=O) groups is 1. The summed E-state index contributed by atoms with van der Waals surface area (Å²) in [6.45, 7) is 3.93. The van der Waals surface area contributed by atoms with Gasteiger partial charge in [0.25, 0.3) is 0 Å². The van der Waals surface area contributed by atoms with Crippen LogP contribution in [0.3, 0.4) is 0 Å².